The van der Waals surface area contributed by atoms with Crippen LogP contribution in [0.4, 0.5) is 18.0 Å². The van der Waals surface area contributed by atoms with Crippen LogP contribution in [0.15, 0.2) is 84.9 Å². The zero-order valence-corrected chi connectivity index (χ0v) is 23.6. The number of aromatic hydroxyl groups is 1. The Labute approximate surface area is 242 Å². The number of likely N-dealkylation sites (N-methyl/N-ethyl adjacent to an activating group) is 1. The predicted octanol–water partition coefficient (Wildman–Crippen LogP) is 6.78. The molecule has 0 fully saturated rings. The molecule has 42 heavy (non-hydrogen) atoms. The second-order valence-corrected chi connectivity index (χ2v) is 9.53. The third-order valence-corrected chi connectivity index (χ3v) is 6.44. The minimum absolute atomic E-state index is 0.0111. The number of alkyl halides is 3. The van der Waals surface area contributed by atoms with E-state index in [1.54, 1.807) is 63.5 Å². The van der Waals surface area contributed by atoms with Crippen LogP contribution >= 0.6 is 0 Å². The highest BCUT2D eigenvalue weighted by Crippen LogP contribution is 2.41. The van der Waals surface area contributed by atoms with Gasteiger partial charge >= 0.3 is 12.3 Å². The van der Waals surface area contributed by atoms with Crippen molar-refractivity contribution in [3.8, 4) is 11.5 Å². The van der Waals surface area contributed by atoms with Crippen LogP contribution in [0.3, 0.4) is 0 Å². The molecule has 7 nitrogen and oxygen atoms in total. The molecule has 0 saturated carbocycles. The van der Waals surface area contributed by atoms with Gasteiger partial charge in [-0.25, -0.2) is 4.79 Å². The summed E-state index contributed by atoms with van der Waals surface area (Å²) in [4.78, 5) is 25.7. The van der Waals surface area contributed by atoms with Gasteiger partial charge in [0.2, 0.25) is 5.91 Å². The fourth-order valence-electron chi connectivity index (χ4n) is 4.32. The number of rotatable bonds is 11. The van der Waals surface area contributed by atoms with Gasteiger partial charge in [-0.15, -0.1) is 0 Å². The van der Waals surface area contributed by atoms with Gasteiger partial charge in [-0.05, 0) is 64.6 Å². The van der Waals surface area contributed by atoms with Crippen molar-refractivity contribution in [2.45, 2.75) is 19.5 Å². The minimum atomic E-state index is -4.55. The molecule has 3 rings (SSSR count). The number of phenols is 1. The number of phenolic OH excluding ortho intramolecular Hbond substituents is 1. The third kappa shape index (κ3) is 8.39. The van der Waals surface area contributed by atoms with Gasteiger partial charge in [0.25, 0.3) is 0 Å². The molecule has 0 aliphatic heterocycles. The molecule has 0 radical (unpaired) electrons. The summed E-state index contributed by atoms with van der Waals surface area (Å²) < 4.78 is 47.6. The Morgan fingerprint density at radius 3 is 2.07 bits per heavy atom. The van der Waals surface area contributed by atoms with Crippen LogP contribution in [-0.4, -0.2) is 65.8 Å². The molecule has 3 aromatic carbocycles. The number of benzene rings is 3. The number of ether oxygens (including phenoxy) is 1. The first-order chi connectivity index (χ1) is 19.9. The first kappa shape index (κ1) is 31.8. The molecule has 0 unspecified atom stereocenters. The first-order valence-corrected chi connectivity index (χ1v) is 13.2. The van der Waals surface area contributed by atoms with Gasteiger partial charge in [-0.1, -0.05) is 55.5 Å². The number of nitrogens with zero attached hydrogens (tertiary/aromatic N) is 2. The second kappa shape index (κ2) is 14.2. The lowest BCUT2D eigenvalue weighted by Gasteiger charge is -2.20. The summed E-state index contributed by atoms with van der Waals surface area (Å²) in [6.45, 7) is 1.89. The highest BCUT2D eigenvalue weighted by atomic mass is 19.4. The topological polar surface area (TPSA) is 90.3 Å². The summed E-state index contributed by atoms with van der Waals surface area (Å²) in [7, 11) is 3.18. The van der Waals surface area contributed by atoms with Gasteiger partial charge in [0.05, 0.1) is 12.1 Å². The summed E-state index contributed by atoms with van der Waals surface area (Å²) in [6.07, 6.45) is -2.64. The zero-order valence-electron chi connectivity index (χ0n) is 23.6. The van der Waals surface area contributed by atoms with Gasteiger partial charge in [0, 0.05) is 26.7 Å². The Bertz CT molecular complexity index is 1430. The maximum Gasteiger partial charge on any atom is 0.416 e. The van der Waals surface area contributed by atoms with Gasteiger partial charge in [0.1, 0.15) is 18.1 Å². The largest absolute Gasteiger partial charge is 0.508 e. The number of amides is 2. The number of halogens is 3. The number of allylic oxidation sites excluding steroid dienone is 1. The summed E-state index contributed by atoms with van der Waals surface area (Å²) in [6, 6.07) is 18.5. The third-order valence-electron chi connectivity index (χ3n) is 6.44. The molecule has 0 aliphatic carbocycles. The van der Waals surface area contributed by atoms with Crippen molar-refractivity contribution in [2.24, 2.45) is 0 Å². The van der Waals surface area contributed by atoms with E-state index in [4.69, 9.17) is 4.74 Å². The predicted molar refractivity (Wildman–Crippen MR) is 155 cm³/mol. The molecule has 0 bridgehead atoms. The van der Waals surface area contributed by atoms with Crippen LogP contribution in [-0.2, 0) is 11.0 Å². The van der Waals surface area contributed by atoms with Crippen molar-refractivity contribution >= 4 is 23.1 Å². The normalized spacial score (nSPS) is 12.1. The first-order valence-electron chi connectivity index (χ1n) is 13.2. The molecule has 0 aromatic heterocycles. The van der Waals surface area contributed by atoms with Crippen molar-refractivity contribution in [1.82, 2.24) is 9.80 Å². The molecule has 2 N–H and O–H groups in total. The van der Waals surface area contributed by atoms with E-state index in [1.165, 1.54) is 41.3 Å². The molecule has 0 aliphatic rings. The lowest BCUT2D eigenvalue weighted by atomic mass is 9.86. The average Bonchev–Trinajstić information content (AvgIpc) is 2.95. The second-order valence-electron chi connectivity index (χ2n) is 9.53. The van der Waals surface area contributed by atoms with Crippen LogP contribution < -0.4 is 4.74 Å². The molecule has 0 spiro atoms. The number of hydrogen-bond donors (Lipinski definition) is 2. The van der Waals surface area contributed by atoms with Crippen molar-refractivity contribution in [3.05, 3.63) is 107 Å². The molecular formula is C32H33F3N2O5. The van der Waals surface area contributed by atoms with Gasteiger partial charge in [-0.2, -0.15) is 13.2 Å². The Morgan fingerprint density at radius 2 is 1.52 bits per heavy atom. The van der Waals surface area contributed by atoms with E-state index in [0.717, 1.165) is 11.0 Å². The number of carbonyl (C=O) groups excluding carboxylic acids is 1. The fraction of sp³-hybridized carbons (Fsp3) is 0.250. The smallest absolute Gasteiger partial charge is 0.416 e. The monoisotopic (exact) mass is 582 g/mol. The zero-order chi connectivity index (χ0) is 30.9. The van der Waals surface area contributed by atoms with Crippen LogP contribution in [0.1, 0.15) is 35.6 Å². The van der Waals surface area contributed by atoms with Gasteiger partial charge in [0.15, 0.2) is 0 Å². The lowest BCUT2D eigenvalue weighted by Crippen LogP contribution is -2.33. The van der Waals surface area contributed by atoms with E-state index >= 15 is 0 Å². The average molecular weight is 583 g/mol. The van der Waals surface area contributed by atoms with Crippen molar-refractivity contribution in [2.75, 3.05) is 33.8 Å². The molecule has 0 saturated heterocycles. The quantitative estimate of drug-likeness (QED) is 0.192. The van der Waals surface area contributed by atoms with Gasteiger partial charge in [-0.3, -0.25) is 4.79 Å². The Balaban J connectivity index is 1.89. The minimum Gasteiger partial charge on any atom is -0.508 e. The van der Waals surface area contributed by atoms with Crippen LogP contribution in [0.25, 0.3) is 11.1 Å². The summed E-state index contributed by atoms with van der Waals surface area (Å²) >= 11 is 0. The van der Waals surface area contributed by atoms with Crippen molar-refractivity contribution in [3.63, 3.8) is 0 Å². The number of carbonyl (C=O) groups is 2. The maximum atomic E-state index is 13.9. The Kier molecular flexibility index (Phi) is 10.8. The molecule has 0 heterocycles. The maximum absolute atomic E-state index is 13.9. The molecule has 3 aromatic rings. The summed E-state index contributed by atoms with van der Waals surface area (Å²) in [5.74, 6) is 0.220. The lowest BCUT2D eigenvalue weighted by molar-refractivity contribution is -0.137. The molecular weight excluding hydrogens is 549 g/mol. The molecule has 2 amide bonds. The number of hydrogen-bond acceptors (Lipinski definition) is 4. The van der Waals surface area contributed by atoms with Crippen LogP contribution in [0, 0.1) is 0 Å². The van der Waals surface area contributed by atoms with E-state index in [0.29, 0.717) is 34.4 Å². The van der Waals surface area contributed by atoms with Crippen LogP contribution in [0.2, 0.25) is 0 Å². The summed E-state index contributed by atoms with van der Waals surface area (Å²) in [5.41, 5.74) is 1.68. The fourth-order valence-corrected chi connectivity index (χ4v) is 4.32. The Morgan fingerprint density at radius 1 is 0.929 bits per heavy atom. The standard InChI is InChI=1S/C32H33F3N2O5/c1-4-26(27-8-5-6-9-28(27)32(33,34)35)30(22-11-15-24(38)16-12-22)23-13-17-25(18-14-23)42-21-20-37(31(40)41)19-7-10-29(39)36(2)3/h5-18,38H,4,19-21H2,1-3H3,(H,40,41). The van der Waals surface area contributed by atoms with Crippen LogP contribution in [0.5, 0.6) is 11.5 Å². The highest BCUT2D eigenvalue weighted by Gasteiger charge is 2.34. The molecule has 0 atom stereocenters. The van der Waals surface area contributed by atoms with E-state index in [1.807, 2.05) is 0 Å². The van der Waals surface area contributed by atoms with E-state index in [2.05, 4.69) is 0 Å². The van der Waals surface area contributed by atoms with E-state index in [-0.39, 0.29) is 36.9 Å². The SMILES string of the molecule is CCC(=C(c1ccc(O)cc1)c1ccc(OCCN(CC=CC(=O)N(C)C)C(=O)O)cc1)c1ccccc1C(F)(F)F. The van der Waals surface area contributed by atoms with E-state index < -0.39 is 17.8 Å². The number of carboxylic acid groups (broad SMARTS) is 1. The Hall–Kier alpha value is -4.73. The van der Waals surface area contributed by atoms with Gasteiger partial charge < -0.3 is 24.7 Å². The highest BCUT2D eigenvalue weighted by molar-refractivity contribution is 5.99. The van der Waals surface area contributed by atoms with Crippen molar-refractivity contribution < 1.29 is 37.7 Å². The van der Waals surface area contributed by atoms with Crippen molar-refractivity contribution in [1.29, 1.82) is 0 Å². The molecule has 10 heteroatoms. The van der Waals surface area contributed by atoms with E-state index in [9.17, 15) is 33.0 Å². The summed E-state index contributed by atoms with van der Waals surface area (Å²) in [5, 5.41) is 19.3. The molecule has 222 valence electrons.